The van der Waals surface area contributed by atoms with Crippen LogP contribution in [-0.4, -0.2) is 0 Å². The van der Waals surface area contributed by atoms with E-state index in [1.54, 1.807) is 0 Å². The molecule has 1 nitrogen and oxygen atoms in total. The molecule has 0 bridgehead atoms. The first-order chi connectivity index (χ1) is 18.8. The minimum atomic E-state index is -2.43. The molecule has 0 N–H and O–H groups in total. The lowest BCUT2D eigenvalue weighted by Crippen LogP contribution is -2.38. The Labute approximate surface area is 235 Å². The molecule has 5 aromatic rings. The molecule has 1 spiro atoms. The van der Waals surface area contributed by atoms with Crippen LogP contribution in [0.4, 0.5) is 0 Å². The van der Waals surface area contributed by atoms with Crippen LogP contribution in [0.2, 0.25) is 0 Å². The highest BCUT2D eigenvalue weighted by molar-refractivity contribution is 8.22. The zero-order chi connectivity index (χ0) is 26.6. The van der Waals surface area contributed by atoms with Crippen LogP contribution in [0, 0.1) is 0 Å². The second-order valence-corrected chi connectivity index (χ2v) is 16.6. The molecule has 3 heteroatoms. The zero-order valence-corrected chi connectivity index (χ0v) is 24.0. The standard InChI is InChI=1S/C36H29OPS/c1-35(2,3)25-18-19-27-23(21-25)17-20-31-33(27)30-22-24-11-7-9-15-29(24)36(30)34(37-31)28-14-8-10-16-32(28)38(36,39)26-12-5-4-6-13-26/h4-22,34H,1-3H3/t34-,36?,38?/m0/s1. The van der Waals surface area contributed by atoms with Crippen molar-refractivity contribution in [2.24, 2.45) is 0 Å². The monoisotopic (exact) mass is 540 g/mol. The average Bonchev–Trinajstić information content (AvgIpc) is 3.43. The van der Waals surface area contributed by atoms with E-state index >= 15 is 0 Å². The lowest BCUT2D eigenvalue weighted by atomic mass is 9.78. The molecule has 3 aliphatic rings. The first kappa shape index (κ1) is 23.4. The molecule has 2 heterocycles. The summed E-state index contributed by atoms with van der Waals surface area (Å²) in [4.78, 5) is 0. The minimum absolute atomic E-state index is 0.0808. The number of hydrogen-bond acceptors (Lipinski definition) is 2. The maximum Gasteiger partial charge on any atom is 0.143 e. The van der Waals surface area contributed by atoms with E-state index in [4.69, 9.17) is 16.5 Å². The fourth-order valence-electron chi connectivity index (χ4n) is 7.25. The van der Waals surface area contributed by atoms with Gasteiger partial charge in [0, 0.05) is 17.2 Å². The Morgan fingerprint density at radius 1 is 0.795 bits per heavy atom. The molecule has 8 rings (SSSR count). The third kappa shape index (κ3) is 2.84. The molecule has 0 saturated heterocycles. The van der Waals surface area contributed by atoms with E-state index in [0.29, 0.717) is 0 Å². The summed E-state index contributed by atoms with van der Waals surface area (Å²) in [6.07, 6.45) is 2.25. The van der Waals surface area contributed by atoms with Crippen LogP contribution >= 0.6 is 6.04 Å². The van der Waals surface area contributed by atoms with Gasteiger partial charge in [0.05, 0.1) is 5.16 Å². The molecule has 5 aromatic carbocycles. The highest BCUT2D eigenvalue weighted by Crippen LogP contribution is 2.80. The van der Waals surface area contributed by atoms with E-state index in [2.05, 4.69) is 136 Å². The minimum Gasteiger partial charge on any atom is -0.483 e. The van der Waals surface area contributed by atoms with Crippen LogP contribution in [0.25, 0.3) is 22.4 Å². The fraction of sp³-hybridized carbons (Fsp3) is 0.167. The number of ether oxygens (including phenoxy) is 1. The van der Waals surface area contributed by atoms with E-state index in [1.807, 2.05) is 0 Å². The number of benzene rings is 5. The fourth-order valence-corrected chi connectivity index (χ4v) is 13.1. The van der Waals surface area contributed by atoms with Crippen molar-refractivity contribution in [2.45, 2.75) is 37.4 Å². The molecule has 2 aliphatic heterocycles. The largest absolute Gasteiger partial charge is 0.483 e. The van der Waals surface area contributed by atoms with Crippen molar-refractivity contribution in [3.05, 3.63) is 137 Å². The Balaban J connectivity index is 1.52. The summed E-state index contributed by atoms with van der Waals surface area (Å²) < 4.78 is 7.19. The van der Waals surface area contributed by atoms with E-state index in [1.165, 1.54) is 54.8 Å². The van der Waals surface area contributed by atoms with Gasteiger partial charge in [-0.15, -0.1) is 0 Å². The summed E-state index contributed by atoms with van der Waals surface area (Å²) in [6.45, 7) is 6.82. The van der Waals surface area contributed by atoms with E-state index in [-0.39, 0.29) is 11.5 Å². The Hall–Kier alpha value is -3.45. The van der Waals surface area contributed by atoms with Crippen molar-refractivity contribution in [3.63, 3.8) is 0 Å². The lowest BCUT2D eigenvalue weighted by Gasteiger charge is -2.46. The molecule has 1 aliphatic carbocycles. The van der Waals surface area contributed by atoms with Crippen LogP contribution in [0.15, 0.2) is 109 Å². The van der Waals surface area contributed by atoms with Gasteiger partial charge in [0.25, 0.3) is 0 Å². The topological polar surface area (TPSA) is 9.23 Å². The quantitative estimate of drug-likeness (QED) is 0.197. The Kier molecular flexibility index (Phi) is 4.70. The third-order valence-corrected chi connectivity index (χ3v) is 14.9. The number of hydrogen-bond donors (Lipinski definition) is 0. The summed E-state index contributed by atoms with van der Waals surface area (Å²) in [5.74, 6) is 0.956. The lowest BCUT2D eigenvalue weighted by molar-refractivity contribution is 0.173. The normalized spacial score (nSPS) is 24.2. The van der Waals surface area contributed by atoms with Gasteiger partial charge in [-0.2, -0.15) is 0 Å². The highest BCUT2D eigenvalue weighted by Gasteiger charge is 2.66. The molecule has 39 heavy (non-hydrogen) atoms. The van der Waals surface area contributed by atoms with Crippen LogP contribution in [0.3, 0.4) is 0 Å². The van der Waals surface area contributed by atoms with Crippen molar-refractivity contribution in [2.75, 3.05) is 0 Å². The Morgan fingerprint density at radius 2 is 1.54 bits per heavy atom. The SMILES string of the molecule is CC(C)(C)c1ccc2c3c(ccc2c1)O[C@H]1c2ccccc2P(=S)(c2ccccc2)C12C3=Cc1ccccc12. The highest BCUT2D eigenvalue weighted by atomic mass is 32.4. The second kappa shape index (κ2) is 7.81. The molecule has 0 amide bonds. The zero-order valence-electron chi connectivity index (χ0n) is 22.3. The Morgan fingerprint density at radius 3 is 2.36 bits per heavy atom. The van der Waals surface area contributed by atoms with Crippen LogP contribution < -0.4 is 15.3 Å². The van der Waals surface area contributed by atoms with Crippen molar-refractivity contribution < 1.29 is 4.74 Å². The van der Waals surface area contributed by atoms with E-state index in [0.717, 1.165) is 5.75 Å². The third-order valence-electron chi connectivity index (χ3n) is 9.00. The predicted molar refractivity (Wildman–Crippen MR) is 168 cm³/mol. The van der Waals surface area contributed by atoms with Crippen molar-refractivity contribution in [3.8, 4) is 5.75 Å². The van der Waals surface area contributed by atoms with Crippen LogP contribution in [0.1, 0.15) is 54.7 Å². The molecule has 0 saturated carbocycles. The summed E-state index contributed by atoms with van der Waals surface area (Å²) in [5, 5.41) is 4.56. The van der Waals surface area contributed by atoms with Gasteiger partial charge in [0.1, 0.15) is 11.9 Å². The first-order valence-corrected chi connectivity index (χ1v) is 16.5. The van der Waals surface area contributed by atoms with Gasteiger partial charge in [0.15, 0.2) is 0 Å². The summed E-state index contributed by atoms with van der Waals surface area (Å²) >= 11 is 7.10. The predicted octanol–water partition coefficient (Wildman–Crippen LogP) is 8.46. The van der Waals surface area contributed by atoms with Gasteiger partial charge >= 0.3 is 0 Å². The van der Waals surface area contributed by atoms with Crippen molar-refractivity contribution in [1.82, 2.24) is 0 Å². The maximum absolute atomic E-state index is 7.19. The van der Waals surface area contributed by atoms with Crippen LogP contribution in [-0.2, 0) is 22.4 Å². The molecular weight excluding hydrogens is 511 g/mol. The van der Waals surface area contributed by atoms with Crippen LogP contribution in [0.5, 0.6) is 5.75 Å². The summed E-state index contributed by atoms with van der Waals surface area (Å²) in [6, 6.07) is 37.5. The molecule has 3 atom stereocenters. The second-order valence-electron chi connectivity index (χ2n) is 12.0. The average molecular weight is 541 g/mol. The first-order valence-electron chi connectivity index (χ1n) is 13.7. The maximum atomic E-state index is 7.19. The van der Waals surface area contributed by atoms with E-state index < -0.39 is 11.2 Å². The summed E-state index contributed by atoms with van der Waals surface area (Å²) in [5.41, 5.74) is 7.76. The number of rotatable bonds is 1. The van der Waals surface area contributed by atoms with Crippen molar-refractivity contribution in [1.29, 1.82) is 0 Å². The van der Waals surface area contributed by atoms with Crippen molar-refractivity contribution >= 4 is 50.9 Å². The Bertz CT molecular complexity index is 1910. The van der Waals surface area contributed by atoms with Gasteiger partial charge < -0.3 is 4.74 Å². The molecule has 190 valence electrons. The van der Waals surface area contributed by atoms with Gasteiger partial charge in [-0.1, -0.05) is 136 Å². The van der Waals surface area contributed by atoms with E-state index in [9.17, 15) is 0 Å². The van der Waals surface area contributed by atoms with Gasteiger partial charge in [-0.3, -0.25) is 0 Å². The molecule has 0 radical (unpaired) electrons. The molecular formula is C36H29OPS. The summed E-state index contributed by atoms with van der Waals surface area (Å²) in [7, 11) is 0. The molecule has 2 unspecified atom stereocenters. The van der Waals surface area contributed by atoms with Gasteiger partial charge in [-0.25, -0.2) is 0 Å². The van der Waals surface area contributed by atoms with Gasteiger partial charge in [-0.05, 0) is 61.2 Å². The molecule has 0 aromatic heterocycles. The molecule has 0 fully saturated rings. The smallest absolute Gasteiger partial charge is 0.143 e. The number of fused-ring (bicyclic) bond motifs is 7. The van der Waals surface area contributed by atoms with Gasteiger partial charge in [0.2, 0.25) is 0 Å².